The monoisotopic (exact) mass is 313 g/mol. The third-order valence-corrected chi connectivity index (χ3v) is 4.17. The molecular formula is C18H16ClNO2. The van der Waals surface area contributed by atoms with Crippen molar-refractivity contribution in [2.45, 2.75) is 12.0 Å². The molecule has 0 saturated carbocycles. The summed E-state index contributed by atoms with van der Waals surface area (Å²) in [6.45, 7) is 0. The molecule has 2 atom stereocenters. The zero-order chi connectivity index (χ0) is 15.7. The van der Waals surface area contributed by atoms with Gasteiger partial charge in [0.15, 0.2) is 0 Å². The zero-order valence-electron chi connectivity index (χ0n) is 12.1. The smallest absolute Gasteiger partial charge is 0.256 e. The summed E-state index contributed by atoms with van der Waals surface area (Å²) < 4.78 is 0. The van der Waals surface area contributed by atoms with Crippen LogP contribution in [0.25, 0.3) is 5.57 Å². The quantitative estimate of drug-likeness (QED) is 0.924. The number of hydrogen-bond donors (Lipinski definition) is 1. The van der Waals surface area contributed by atoms with E-state index in [1.54, 1.807) is 13.2 Å². The number of aliphatic hydroxyl groups excluding tert-OH is 1. The van der Waals surface area contributed by atoms with Crippen molar-refractivity contribution in [3.05, 3.63) is 76.9 Å². The molecule has 0 aromatic heterocycles. The molecule has 0 radical (unpaired) electrons. The maximum Gasteiger partial charge on any atom is 0.256 e. The van der Waals surface area contributed by atoms with E-state index in [2.05, 4.69) is 0 Å². The minimum absolute atomic E-state index is 0.299. The molecule has 0 fully saturated rings. The molecule has 112 valence electrons. The number of rotatable bonds is 2. The highest BCUT2D eigenvalue weighted by atomic mass is 35.5. The number of hydrogen-bond acceptors (Lipinski definition) is 2. The SMILES string of the molecule is CN1C=C(c2ccc(Cl)cc2)[C@H](c2ccccc2)[C@@H](O)C1=O. The summed E-state index contributed by atoms with van der Waals surface area (Å²) in [6, 6.07) is 17.0. The van der Waals surface area contributed by atoms with E-state index < -0.39 is 6.10 Å². The van der Waals surface area contributed by atoms with Crippen molar-refractivity contribution in [1.82, 2.24) is 4.90 Å². The van der Waals surface area contributed by atoms with Crippen molar-refractivity contribution in [1.29, 1.82) is 0 Å². The Hall–Kier alpha value is -2.10. The lowest BCUT2D eigenvalue weighted by atomic mass is 9.81. The number of benzene rings is 2. The Kier molecular flexibility index (Phi) is 4.01. The van der Waals surface area contributed by atoms with Crippen LogP contribution < -0.4 is 0 Å². The second-order valence-electron chi connectivity index (χ2n) is 5.37. The fourth-order valence-electron chi connectivity index (χ4n) is 2.79. The number of halogens is 1. The molecular weight excluding hydrogens is 298 g/mol. The molecule has 0 aliphatic carbocycles. The minimum atomic E-state index is -1.09. The topological polar surface area (TPSA) is 40.5 Å². The van der Waals surface area contributed by atoms with Crippen molar-refractivity contribution in [3.8, 4) is 0 Å². The van der Waals surface area contributed by atoms with Gasteiger partial charge in [0.1, 0.15) is 6.10 Å². The molecule has 1 amide bonds. The highest BCUT2D eigenvalue weighted by Gasteiger charge is 2.36. The van der Waals surface area contributed by atoms with Crippen LogP contribution in [0.2, 0.25) is 5.02 Å². The Balaban J connectivity index is 2.12. The van der Waals surface area contributed by atoms with Crippen LogP contribution in [0.3, 0.4) is 0 Å². The summed E-state index contributed by atoms with van der Waals surface area (Å²) >= 11 is 5.95. The first-order valence-electron chi connectivity index (χ1n) is 7.05. The van der Waals surface area contributed by atoms with Crippen molar-refractivity contribution in [2.24, 2.45) is 0 Å². The van der Waals surface area contributed by atoms with Crippen molar-refractivity contribution in [2.75, 3.05) is 7.05 Å². The van der Waals surface area contributed by atoms with Crippen LogP contribution in [0.1, 0.15) is 17.0 Å². The third kappa shape index (κ3) is 2.65. The van der Waals surface area contributed by atoms with Gasteiger partial charge >= 0.3 is 0 Å². The zero-order valence-corrected chi connectivity index (χ0v) is 12.9. The Morgan fingerprint density at radius 2 is 1.68 bits per heavy atom. The maximum absolute atomic E-state index is 12.2. The average Bonchev–Trinajstić information content (AvgIpc) is 2.54. The predicted octanol–water partition coefficient (Wildman–Crippen LogP) is 3.30. The lowest BCUT2D eigenvalue weighted by molar-refractivity contribution is -0.137. The summed E-state index contributed by atoms with van der Waals surface area (Å²) in [5, 5.41) is 11.1. The van der Waals surface area contributed by atoms with Crippen LogP contribution in [0.15, 0.2) is 60.8 Å². The van der Waals surface area contributed by atoms with Crippen LogP contribution >= 0.6 is 11.6 Å². The number of likely N-dealkylation sites (N-methyl/N-ethyl adjacent to an activating group) is 1. The Morgan fingerprint density at radius 3 is 2.32 bits per heavy atom. The Bertz CT molecular complexity index is 710. The van der Waals surface area contributed by atoms with Gasteiger partial charge in [-0.15, -0.1) is 0 Å². The molecule has 0 spiro atoms. The Morgan fingerprint density at radius 1 is 1.05 bits per heavy atom. The number of amides is 1. The van der Waals surface area contributed by atoms with Gasteiger partial charge < -0.3 is 10.0 Å². The van der Waals surface area contributed by atoms with Crippen molar-refractivity contribution < 1.29 is 9.90 Å². The third-order valence-electron chi connectivity index (χ3n) is 3.92. The van der Waals surface area contributed by atoms with Gasteiger partial charge in [-0.2, -0.15) is 0 Å². The van der Waals surface area contributed by atoms with Gasteiger partial charge in [0.05, 0.1) is 0 Å². The number of carbonyl (C=O) groups excluding carboxylic acids is 1. The van der Waals surface area contributed by atoms with Crippen molar-refractivity contribution >= 4 is 23.1 Å². The summed E-state index contributed by atoms with van der Waals surface area (Å²) in [6.07, 6.45) is 0.693. The number of carbonyl (C=O) groups is 1. The lowest BCUT2D eigenvalue weighted by Crippen LogP contribution is -2.41. The number of aliphatic hydroxyl groups is 1. The molecule has 1 aliphatic heterocycles. The van der Waals surface area contributed by atoms with E-state index in [4.69, 9.17) is 11.6 Å². The first kappa shape index (κ1) is 14.8. The first-order valence-corrected chi connectivity index (χ1v) is 7.43. The molecule has 3 rings (SSSR count). The van der Waals surface area contributed by atoms with E-state index in [0.29, 0.717) is 5.02 Å². The summed E-state index contributed by atoms with van der Waals surface area (Å²) in [7, 11) is 1.66. The highest BCUT2D eigenvalue weighted by Crippen LogP contribution is 2.38. The molecule has 0 saturated heterocycles. The number of nitrogens with zero attached hydrogens (tertiary/aromatic N) is 1. The molecule has 2 aromatic carbocycles. The molecule has 22 heavy (non-hydrogen) atoms. The van der Waals surface area contributed by atoms with Crippen LogP contribution in [0, 0.1) is 0 Å². The lowest BCUT2D eigenvalue weighted by Gasteiger charge is -2.33. The van der Waals surface area contributed by atoms with E-state index >= 15 is 0 Å². The van der Waals surface area contributed by atoms with Gasteiger partial charge in [-0.1, -0.05) is 54.1 Å². The Labute approximate surface area is 134 Å². The fourth-order valence-corrected chi connectivity index (χ4v) is 2.92. The van der Waals surface area contributed by atoms with E-state index in [1.165, 1.54) is 4.90 Å². The van der Waals surface area contributed by atoms with Gasteiger partial charge in [-0.25, -0.2) is 0 Å². The second kappa shape index (κ2) is 5.95. The van der Waals surface area contributed by atoms with Crippen LogP contribution in [0.5, 0.6) is 0 Å². The molecule has 3 nitrogen and oxygen atoms in total. The second-order valence-corrected chi connectivity index (χ2v) is 5.81. The molecule has 1 heterocycles. The van der Waals surface area contributed by atoms with E-state index in [0.717, 1.165) is 16.7 Å². The average molecular weight is 314 g/mol. The molecule has 0 unspecified atom stereocenters. The standard InChI is InChI=1S/C18H16ClNO2/c1-20-11-15(12-7-9-14(19)10-8-12)16(17(21)18(20)22)13-5-3-2-4-6-13/h2-11,16-17,21H,1H3/t16-,17+/m0/s1. The predicted molar refractivity (Wildman–Crippen MR) is 87.4 cm³/mol. The molecule has 1 N–H and O–H groups in total. The van der Waals surface area contributed by atoms with Gasteiger partial charge in [-0.3, -0.25) is 4.79 Å². The van der Waals surface area contributed by atoms with E-state index in [9.17, 15) is 9.90 Å². The fraction of sp³-hybridized carbons (Fsp3) is 0.167. The maximum atomic E-state index is 12.2. The normalized spacial score (nSPS) is 21.7. The van der Waals surface area contributed by atoms with Gasteiger partial charge in [-0.05, 0) is 28.8 Å². The van der Waals surface area contributed by atoms with Gasteiger partial charge in [0.2, 0.25) is 0 Å². The molecule has 2 aromatic rings. The molecule has 1 aliphatic rings. The molecule has 4 heteroatoms. The van der Waals surface area contributed by atoms with Gasteiger partial charge in [0, 0.05) is 24.2 Å². The first-order chi connectivity index (χ1) is 10.6. The van der Waals surface area contributed by atoms with Gasteiger partial charge in [0.25, 0.3) is 5.91 Å². The van der Waals surface area contributed by atoms with E-state index in [-0.39, 0.29) is 11.8 Å². The van der Waals surface area contributed by atoms with Crippen LogP contribution in [0.4, 0.5) is 0 Å². The largest absolute Gasteiger partial charge is 0.382 e. The molecule has 0 bridgehead atoms. The van der Waals surface area contributed by atoms with E-state index in [1.807, 2.05) is 54.6 Å². The van der Waals surface area contributed by atoms with Crippen molar-refractivity contribution in [3.63, 3.8) is 0 Å². The van der Waals surface area contributed by atoms with Crippen LogP contribution in [-0.2, 0) is 4.79 Å². The highest BCUT2D eigenvalue weighted by molar-refractivity contribution is 6.30. The van der Waals surface area contributed by atoms with Crippen LogP contribution in [-0.4, -0.2) is 29.1 Å². The minimum Gasteiger partial charge on any atom is -0.382 e. The summed E-state index contributed by atoms with van der Waals surface area (Å²) in [5.74, 6) is -0.683. The summed E-state index contributed by atoms with van der Waals surface area (Å²) in [5.41, 5.74) is 2.76. The summed E-state index contributed by atoms with van der Waals surface area (Å²) in [4.78, 5) is 13.6.